The fourth-order valence-corrected chi connectivity index (χ4v) is 5.53. The van der Waals surface area contributed by atoms with Crippen molar-refractivity contribution in [1.82, 2.24) is 4.90 Å². The fourth-order valence-electron chi connectivity index (χ4n) is 5.53. The molecular weight excluding hydrogens is 312 g/mol. The van der Waals surface area contributed by atoms with E-state index in [2.05, 4.69) is 24.3 Å². The molecule has 0 bridgehead atoms. The van der Waals surface area contributed by atoms with Crippen LogP contribution in [0.5, 0.6) is 0 Å². The summed E-state index contributed by atoms with van der Waals surface area (Å²) in [6.45, 7) is 0.746. The first-order valence-corrected chi connectivity index (χ1v) is 9.80. The maximum absolute atomic E-state index is 13.1. The van der Waals surface area contributed by atoms with Crippen molar-refractivity contribution in [1.29, 1.82) is 0 Å². The lowest BCUT2D eigenvalue weighted by atomic mass is 9.78. The van der Waals surface area contributed by atoms with Crippen molar-refractivity contribution >= 4 is 11.8 Å². The van der Waals surface area contributed by atoms with Crippen LogP contribution in [-0.2, 0) is 9.59 Å². The molecule has 2 N–H and O–H groups in total. The number of fused-ring (bicyclic) bond motifs is 1. The standard InChI is InChI=1S/C21H28N2O2/c22-20(24)19-18-8-4-7-17(18)13-23(19)21(25)16-11-9-15(10-12-16)14-5-2-1-3-6-14/h1-3,5-6,15-19H,4,7-13H2,(H2,22,24). The molecule has 25 heavy (non-hydrogen) atoms. The van der Waals surface area contributed by atoms with E-state index in [0.29, 0.717) is 17.8 Å². The summed E-state index contributed by atoms with van der Waals surface area (Å²) in [4.78, 5) is 27.0. The molecular formula is C21H28N2O2. The summed E-state index contributed by atoms with van der Waals surface area (Å²) >= 11 is 0. The SMILES string of the molecule is NC(=O)C1C2CCCC2CN1C(=O)C1CCC(c2ccccc2)CC1. The topological polar surface area (TPSA) is 63.4 Å². The second-order valence-electron chi connectivity index (χ2n) is 8.15. The molecule has 2 aliphatic carbocycles. The van der Waals surface area contributed by atoms with Gasteiger partial charge in [0.1, 0.15) is 6.04 Å². The van der Waals surface area contributed by atoms with E-state index in [1.165, 1.54) is 12.0 Å². The van der Waals surface area contributed by atoms with Gasteiger partial charge in [0.25, 0.3) is 0 Å². The monoisotopic (exact) mass is 340 g/mol. The molecule has 2 saturated carbocycles. The largest absolute Gasteiger partial charge is 0.368 e. The number of amides is 2. The van der Waals surface area contributed by atoms with Crippen molar-refractivity contribution in [2.45, 2.75) is 56.9 Å². The lowest BCUT2D eigenvalue weighted by Gasteiger charge is -2.33. The zero-order chi connectivity index (χ0) is 17.4. The molecule has 3 atom stereocenters. The molecule has 4 nitrogen and oxygen atoms in total. The van der Waals surface area contributed by atoms with Gasteiger partial charge in [0.2, 0.25) is 11.8 Å². The predicted octanol–water partition coefficient (Wildman–Crippen LogP) is 3.07. The Morgan fingerprint density at radius 3 is 2.36 bits per heavy atom. The first-order chi connectivity index (χ1) is 12.1. The Balaban J connectivity index is 1.41. The second kappa shape index (κ2) is 6.81. The van der Waals surface area contributed by atoms with Crippen LogP contribution in [0, 0.1) is 17.8 Å². The van der Waals surface area contributed by atoms with Crippen LogP contribution in [0.2, 0.25) is 0 Å². The van der Waals surface area contributed by atoms with Gasteiger partial charge in [-0.25, -0.2) is 0 Å². The highest BCUT2D eigenvalue weighted by molar-refractivity contribution is 5.88. The molecule has 1 aromatic rings. The number of nitrogens with two attached hydrogens (primary N) is 1. The average molecular weight is 340 g/mol. The minimum atomic E-state index is -0.355. The zero-order valence-electron chi connectivity index (χ0n) is 14.8. The highest BCUT2D eigenvalue weighted by atomic mass is 16.2. The van der Waals surface area contributed by atoms with Crippen LogP contribution < -0.4 is 5.73 Å². The van der Waals surface area contributed by atoms with E-state index in [9.17, 15) is 9.59 Å². The van der Waals surface area contributed by atoms with E-state index in [1.807, 2.05) is 11.0 Å². The van der Waals surface area contributed by atoms with Crippen LogP contribution in [0.15, 0.2) is 30.3 Å². The highest BCUT2D eigenvalue weighted by Crippen LogP contribution is 2.44. The molecule has 3 aliphatic rings. The van der Waals surface area contributed by atoms with Gasteiger partial charge in [-0.1, -0.05) is 36.8 Å². The van der Waals surface area contributed by atoms with Gasteiger partial charge in [-0.05, 0) is 61.8 Å². The summed E-state index contributed by atoms with van der Waals surface area (Å²) in [6.07, 6.45) is 7.32. The summed E-state index contributed by atoms with van der Waals surface area (Å²) in [5, 5.41) is 0. The lowest BCUT2D eigenvalue weighted by Crippen LogP contribution is -2.48. The fraction of sp³-hybridized carbons (Fsp3) is 0.619. The molecule has 3 unspecified atom stereocenters. The molecule has 2 amide bonds. The molecule has 0 aromatic heterocycles. The van der Waals surface area contributed by atoms with Crippen LogP contribution in [0.25, 0.3) is 0 Å². The number of carbonyl (C=O) groups excluding carboxylic acids is 2. The second-order valence-corrected chi connectivity index (χ2v) is 8.15. The maximum atomic E-state index is 13.1. The third-order valence-corrected chi connectivity index (χ3v) is 6.81. The Kier molecular flexibility index (Phi) is 4.53. The van der Waals surface area contributed by atoms with Crippen molar-refractivity contribution < 1.29 is 9.59 Å². The molecule has 4 heteroatoms. The molecule has 3 fully saturated rings. The van der Waals surface area contributed by atoms with Crippen LogP contribution >= 0.6 is 0 Å². The number of carbonyl (C=O) groups is 2. The third kappa shape index (κ3) is 3.07. The van der Waals surface area contributed by atoms with Gasteiger partial charge in [-0.2, -0.15) is 0 Å². The smallest absolute Gasteiger partial charge is 0.240 e. The highest BCUT2D eigenvalue weighted by Gasteiger charge is 2.49. The van der Waals surface area contributed by atoms with Crippen LogP contribution in [0.4, 0.5) is 0 Å². The van der Waals surface area contributed by atoms with Gasteiger partial charge < -0.3 is 10.6 Å². The summed E-state index contributed by atoms with van der Waals surface area (Å²) < 4.78 is 0. The van der Waals surface area contributed by atoms with Crippen molar-refractivity contribution in [2.75, 3.05) is 6.54 Å². The first-order valence-electron chi connectivity index (χ1n) is 9.80. The molecule has 0 radical (unpaired) electrons. The van der Waals surface area contributed by atoms with E-state index in [0.717, 1.165) is 45.1 Å². The Morgan fingerprint density at radius 2 is 1.68 bits per heavy atom. The van der Waals surface area contributed by atoms with Crippen molar-refractivity contribution in [3.05, 3.63) is 35.9 Å². The number of likely N-dealkylation sites (tertiary alicyclic amines) is 1. The maximum Gasteiger partial charge on any atom is 0.240 e. The van der Waals surface area contributed by atoms with Crippen LogP contribution in [-0.4, -0.2) is 29.3 Å². The number of benzene rings is 1. The normalized spacial score (nSPS) is 34.7. The molecule has 1 aromatic carbocycles. The van der Waals surface area contributed by atoms with Gasteiger partial charge in [0.05, 0.1) is 0 Å². The van der Waals surface area contributed by atoms with Gasteiger partial charge in [0.15, 0.2) is 0 Å². The summed E-state index contributed by atoms with van der Waals surface area (Å²) in [5.74, 6) is 1.31. The summed E-state index contributed by atoms with van der Waals surface area (Å²) in [6, 6.07) is 10.3. The number of nitrogens with zero attached hydrogens (tertiary/aromatic N) is 1. The quantitative estimate of drug-likeness (QED) is 0.919. The van der Waals surface area contributed by atoms with E-state index in [1.54, 1.807) is 0 Å². The predicted molar refractivity (Wildman–Crippen MR) is 96.7 cm³/mol. The first kappa shape index (κ1) is 16.6. The Labute approximate surface area is 149 Å². The number of primary amides is 1. The molecule has 1 heterocycles. The van der Waals surface area contributed by atoms with Gasteiger partial charge >= 0.3 is 0 Å². The van der Waals surface area contributed by atoms with E-state index < -0.39 is 0 Å². The zero-order valence-corrected chi connectivity index (χ0v) is 14.8. The average Bonchev–Trinajstić information content (AvgIpc) is 3.22. The van der Waals surface area contributed by atoms with Gasteiger partial charge in [0, 0.05) is 12.5 Å². The minimum Gasteiger partial charge on any atom is -0.368 e. The minimum absolute atomic E-state index is 0.0700. The van der Waals surface area contributed by atoms with Gasteiger partial charge in [-0.15, -0.1) is 0 Å². The van der Waals surface area contributed by atoms with Crippen LogP contribution in [0.1, 0.15) is 56.4 Å². The Hall–Kier alpha value is -1.84. The Bertz CT molecular complexity index is 637. The molecule has 134 valence electrons. The number of rotatable bonds is 3. The van der Waals surface area contributed by atoms with E-state index in [4.69, 9.17) is 5.73 Å². The van der Waals surface area contributed by atoms with Crippen LogP contribution in [0.3, 0.4) is 0 Å². The Morgan fingerprint density at radius 1 is 0.960 bits per heavy atom. The summed E-state index contributed by atoms with van der Waals surface area (Å²) in [5.41, 5.74) is 7.06. The summed E-state index contributed by atoms with van der Waals surface area (Å²) in [7, 11) is 0. The molecule has 1 saturated heterocycles. The lowest BCUT2D eigenvalue weighted by molar-refractivity contribution is -0.142. The van der Waals surface area contributed by atoms with E-state index in [-0.39, 0.29) is 23.8 Å². The van der Waals surface area contributed by atoms with Crippen molar-refractivity contribution in [3.8, 4) is 0 Å². The van der Waals surface area contributed by atoms with Crippen molar-refractivity contribution in [2.24, 2.45) is 23.5 Å². The molecule has 0 spiro atoms. The van der Waals surface area contributed by atoms with Crippen molar-refractivity contribution in [3.63, 3.8) is 0 Å². The number of hydrogen-bond donors (Lipinski definition) is 1. The third-order valence-electron chi connectivity index (χ3n) is 6.81. The molecule has 4 rings (SSSR count). The van der Waals surface area contributed by atoms with E-state index >= 15 is 0 Å². The number of hydrogen-bond acceptors (Lipinski definition) is 2. The van der Waals surface area contributed by atoms with Gasteiger partial charge in [-0.3, -0.25) is 9.59 Å². The molecule has 1 aliphatic heterocycles.